The van der Waals surface area contributed by atoms with Crippen LogP contribution in [0.25, 0.3) is 11.4 Å². The number of halogens is 1. The molecule has 0 spiro atoms. The normalized spacial score (nSPS) is 11.8. The lowest BCUT2D eigenvalue weighted by Crippen LogP contribution is -2.24. The molecule has 0 aliphatic carbocycles. The number of hydrogen-bond donors (Lipinski definition) is 1. The van der Waals surface area contributed by atoms with Gasteiger partial charge in [0, 0.05) is 6.20 Å². The van der Waals surface area contributed by atoms with E-state index in [2.05, 4.69) is 15.0 Å². The number of rotatable bonds is 1. The molecule has 0 saturated heterocycles. The smallest absolute Gasteiger partial charge is 0.342 e. The highest BCUT2D eigenvalue weighted by molar-refractivity contribution is 6.32. The molecule has 2 rings (SSSR count). The largest absolute Gasteiger partial charge is 0.456 e. The van der Waals surface area contributed by atoms with Gasteiger partial charge in [-0.15, -0.1) is 0 Å². The number of carbonyl (C=O) groups excluding carboxylic acids is 1. The Kier molecular flexibility index (Phi) is 2.79. The molecule has 0 radical (unpaired) electrons. The Bertz CT molecular complexity index is 530. The fourth-order valence-corrected chi connectivity index (χ4v) is 1.58. The van der Waals surface area contributed by atoms with Gasteiger partial charge in [0.25, 0.3) is 0 Å². The van der Waals surface area contributed by atoms with Gasteiger partial charge in [0.1, 0.15) is 16.9 Å². The molecule has 17 heavy (non-hydrogen) atoms. The summed E-state index contributed by atoms with van der Waals surface area (Å²) in [5.41, 5.74) is 0.825. The molecule has 0 saturated carbocycles. The molecule has 2 aliphatic rings. The van der Waals surface area contributed by atoms with Gasteiger partial charge in [0.2, 0.25) is 0 Å². The molecule has 0 fully saturated rings. The number of hydrogen-bond acceptors (Lipinski definition) is 4. The Hall–Kier alpha value is -1.62. The van der Waals surface area contributed by atoms with E-state index in [0.29, 0.717) is 17.0 Å². The van der Waals surface area contributed by atoms with Crippen LogP contribution in [0.1, 0.15) is 31.1 Å². The summed E-state index contributed by atoms with van der Waals surface area (Å²) in [6, 6.07) is 0. The predicted molar refractivity (Wildman–Crippen MR) is 63.2 cm³/mol. The molecule has 0 unspecified atom stereocenters. The quantitative estimate of drug-likeness (QED) is 0.626. The third-order valence-electron chi connectivity index (χ3n) is 2.03. The molecule has 0 atom stereocenters. The number of H-pyrrole nitrogens is 1. The second-order valence-electron chi connectivity index (χ2n) is 4.59. The van der Waals surface area contributed by atoms with Crippen molar-refractivity contribution in [2.45, 2.75) is 26.4 Å². The van der Waals surface area contributed by atoms with E-state index in [9.17, 15) is 4.79 Å². The van der Waals surface area contributed by atoms with Gasteiger partial charge in [-0.05, 0) is 20.8 Å². The van der Waals surface area contributed by atoms with Gasteiger partial charge in [-0.25, -0.2) is 9.78 Å². The molecule has 0 aromatic heterocycles. The number of nitrogens with zero attached hydrogens (tertiary/aromatic N) is 2. The lowest BCUT2D eigenvalue weighted by Gasteiger charge is -2.19. The molecule has 0 aromatic rings. The Labute approximate surface area is 104 Å². The first-order valence-electron chi connectivity index (χ1n) is 5.09. The molecule has 0 aromatic carbocycles. The summed E-state index contributed by atoms with van der Waals surface area (Å²) in [4.78, 5) is 22.6. The molecular formula is C11H12ClN3O2. The Balaban J connectivity index is 2.37. The van der Waals surface area contributed by atoms with E-state index >= 15 is 0 Å². The topological polar surface area (TPSA) is 67.9 Å². The maximum absolute atomic E-state index is 11.9. The van der Waals surface area contributed by atoms with E-state index in [0.717, 1.165) is 0 Å². The average Bonchev–Trinajstić information content (AvgIpc) is 2.60. The maximum atomic E-state index is 11.9. The molecule has 2 heterocycles. The van der Waals surface area contributed by atoms with E-state index in [1.54, 1.807) is 0 Å². The Morgan fingerprint density at radius 1 is 1.41 bits per heavy atom. The van der Waals surface area contributed by atoms with E-state index < -0.39 is 11.6 Å². The zero-order chi connectivity index (χ0) is 12.6. The first-order valence-corrected chi connectivity index (χ1v) is 5.47. The van der Waals surface area contributed by atoms with Crippen molar-refractivity contribution < 1.29 is 9.53 Å². The molecule has 0 bridgehead atoms. The number of carbonyl (C=O) groups is 1. The summed E-state index contributed by atoms with van der Waals surface area (Å²) in [7, 11) is 0. The van der Waals surface area contributed by atoms with Crippen LogP contribution in [0.4, 0.5) is 0 Å². The monoisotopic (exact) mass is 253 g/mol. The second kappa shape index (κ2) is 4.00. The number of fused-ring (bicyclic) bond motifs is 1. The van der Waals surface area contributed by atoms with Crippen molar-refractivity contribution in [3.63, 3.8) is 0 Å². The highest BCUT2D eigenvalue weighted by Gasteiger charge is 2.25. The van der Waals surface area contributed by atoms with E-state index in [1.165, 1.54) is 12.5 Å². The minimum Gasteiger partial charge on any atom is -0.456 e. The Morgan fingerprint density at radius 3 is 2.76 bits per heavy atom. The zero-order valence-corrected chi connectivity index (χ0v) is 10.5. The van der Waals surface area contributed by atoms with Crippen molar-refractivity contribution in [2.75, 3.05) is 0 Å². The summed E-state index contributed by atoms with van der Waals surface area (Å²) in [5, 5.41) is 0.258. The lowest BCUT2D eigenvalue weighted by molar-refractivity contribution is 0.00704. The van der Waals surface area contributed by atoms with Gasteiger partial charge >= 0.3 is 5.97 Å². The van der Waals surface area contributed by atoms with Crippen LogP contribution in [0.5, 0.6) is 0 Å². The van der Waals surface area contributed by atoms with Crippen molar-refractivity contribution in [2.24, 2.45) is 0 Å². The predicted octanol–water partition coefficient (Wildman–Crippen LogP) is 2.52. The van der Waals surface area contributed by atoms with Crippen LogP contribution in [0.2, 0.25) is 5.15 Å². The van der Waals surface area contributed by atoms with Crippen LogP contribution < -0.4 is 0 Å². The molecule has 6 heteroatoms. The van der Waals surface area contributed by atoms with Crippen LogP contribution in [-0.2, 0) is 4.74 Å². The van der Waals surface area contributed by atoms with Gasteiger partial charge in [-0.3, -0.25) is 4.98 Å². The van der Waals surface area contributed by atoms with Crippen molar-refractivity contribution >= 4 is 17.6 Å². The van der Waals surface area contributed by atoms with Gasteiger partial charge in [0.15, 0.2) is 5.15 Å². The van der Waals surface area contributed by atoms with E-state index in [4.69, 9.17) is 16.3 Å². The van der Waals surface area contributed by atoms with Crippen LogP contribution in [-0.4, -0.2) is 26.5 Å². The number of esters is 1. The molecule has 1 N–H and O–H groups in total. The maximum Gasteiger partial charge on any atom is 0.342 e. The first-order chi connectivity index (χ1) is 7.88. The molecule has 90 valence electrons. The number of nitrogens with one attached hydrogen (secondary N) is 1. The Morgan fingerprint density at radius 2 is 2.12 bits per heavy atom. The third kappa shape index (κ3) is 2.39. The average molecular weight is 254 g/mol. The van der Waals surface area contributed by atoms with Crippen LogP contribution in [0.3, 0.4) is 0 Å². The highest BCUT2D eigenvalue weighted by atomic mass is 35.5. The van der Waals surface area contributed by atoms with Crippen LogP contribution in [0, 0.1) is 0 Å². The van der Waals surface area contributed by atoms with Crippen molar-refractivity contribution in [3.05, 3.63) is 23.2 Å². The van der Waals surface area contributed by atoms with Crippen LogP contribution in [0.15, 0.2) is 12.5 Å². The number of ether oxygens (including phenoxy) is 1. The highest BCUT2D eigenvalue weighted by Crippen LogP contribution is 2.28. The van der Waals surface area contributed by atoms with E-state index in [-0.39, 0.29) is 5.15 Å². The standard InChI is InChI=1S/C11H12ClN3O2/c1-11(2,3)17-10(16)6-4-13-8-7(6)14-5-15-9(8)12/h4-5H,1-3H3,(H,14,15). The fourth-order valence-electron chi connectivity index (χ4n) is 1.39. The van der Waals surface area contributed by atoms with Gasteiger partial charge < -0.3 is 9.72 Å². The van der Waals surface area contributed by atoms with Gasteiger partial charge in [-0.1, -0.05) is 11.6 Å². The van der Waals surface area contributed by atoms with Crippen molar-refractivity contribution in [3.8, 4) is 11.4 Å². The fraction of sp³-hybridized carbons (Fsp3) is 0.364. The summed E-state index contributed by atoms with van der Waals surface area (Å²) < 4.78 is 5.27. The van der Waals surface area contributed by atoms with Crippen molar-refractivity contribution in [1.29, 1.82) is 0 Å². The summed E-state index contributed by atoms with van der Waals surface area (Å²) in [6.07, 6.45) is 2.85. The SMILES string of the molecule is CC(C)(C)OC(=O)c1cnc2c(Cl)nc[nH]c1-2. The third-order valence-corrected chi connectivity index (χ3v) is 2.31. The second-order valence-corrected chi connectivity index (χ2v) is 4.95. The molecular weight excluding hydrogens is 242 g/mol. The van der Waals surface area contributed by atoms with Crippen molar-refractivity contribution in [1.82, 2.24) is 15.0 Å². The summed E-state index contributed by atoms with van der Waals surface area (Å²) in [5.74, 6) is -0.432. The molecule has 5 nitrogen and oxygen atoms in total. The van der Waals surface area contributed by atoms with Crippen LogP contribution >= 0.6 is 11.6 Å². The molecule has 2 aliphatic heterocycles. The number of aromatic amines is 1. The molecule has 0 amide bonds. The van der Waals surface area contributed by atoms with E-state index in [1.807, 2.05) is 20.8 Å². The minimum atomic E-state index is -0.544. The zero-order valence-electron chi connectivity index (χ0n) is 9.74. The summed E-state index contributed by atoms with van der Waals surface area (Å²) >= 11 is 5.86. The summed E-state index contributed by atoms with van der Waals surface area (Å²) in [6.45, 7) is 5.42. The first kappa shape index (κ1) is 11.9. The van der Waals surface area contributed by atoms with Gasteiger partial charge in [-0.2, -0.15) is 0 Å². The minimum absolute atomic E-state index is 0.258. The van der Waals surface area contributed by atoms with Gasteiger partial charge in [0.05, 0.1) is 12.0 Å². The lowest BCUT2D eigenvalue weighted by atomic mass is 10.2. The number of aromatic nitrogens is 3.